The fourth-order valence-electron chi connectivity index (χ4n) is 6.19. The van der Waals surface area contributed by atoms with Gasteiger partial charge in [-0.15, -0.1) is 67.9 Å². The molecule has 0 unspecified atom stereocenters. The summed E-state index contributed by atoms with van der Waals surface area (Å²) in [7, 11) is 0. The monoisotopic (exact) mass is 1170 g/mol. The van der Waals surface area contributed by atoms with E-state index in [1.54, 1.807) is 12.4 Å². The van der Waals surface area contributed by atoms with E-state index in [9.17, 15) is 5.11 Å². The molecule has 0 saturated heterocycles. The number of aliphatic imine (C=N–C) groups is 2. The van der Waals surface area contributed by atoms with Crippen LogP contribution in [0.2, 0.25) is 0 Å². The molecule has 0 fully saturated rings. The molecule has 0 amide bonds. The van der Waals surface area contributed by atoms with Crippen molar-refractivity contribution >= 4 is 91.7 Å². The zero-order chi connectivity index (χ0) is 34.5. The van der Waals surface area contributed by atoms with E-state index in [0.29, 0.717) is 0 Å². The number of aromatic nitrogens is 2. The van der Waals surface area contributed by atoms with Crippen LogP contribution in [0.1, 0.15) is 118 Å². The summed E-state index contributed by atoms with van der Waals surface area (Å²) in [5.74, 6) is 1.23. The Morgan fingerprint density at radius 3 is 1.09 bits per heavy atom. The second-order valence-electron chi connectivity index (χ2n) is 13.8. The van der Waals surface area contributed by atoms with Gasteiger partial charge >= 0.3 is 0 Å². The minimum absolute atomic E-state index is 0. The van der Waals surface area contributed by atoms with Crippen LogP contribution in [-0.4, -0.2) is 27.5 Å². The summed E-state index contributed by atoms with van der Waals surface area (Å²) in [5.41, 5.74) is 13.7. The zero-order valence-corrected chi connectivity index (χ0v) is 42.0. The maximum Gasteiger partial charge on any atom is 0.116 e. The van der Waals surface area contributed by atoms with Gasteiger partial charge in [-0.3, -0.25) is 20.0 Å². The van der Waals surface area contributed by atoms with Gasteiger partial charge in [-0.25, -0.2) is 0 Å². The Hall–Kier alpha value is -1.66. The van der Waals surface area contributed by atoms with Crippen LogP contribution in [0.25, 0.3) is 22.3 Å². The number of pyridine rings is 2. The van der Waals surface area contributed by atoms with Crippen molar-refractivity contribution in [2.75, 3.05) is 0 Å². The first kappa shape index (κ1) is 54.4. The van der Waals surface area contributed by atoms with Crippen molar-refractivity contribution in [2.24, 2.45) is 9.98 Å². The van der Waals surface area contributed by atoms with E-state index in [1.807, 2.05) is 61.0 Å². The number of rotatable bonds is 10. The van der Waals surface area contributed by atoms with E-state index in [-0.39, 0.29) is 138 Å². The molecular formula is C43H52Br4N4OPd2. The minimum Gasteiger partial charge on any atom is -0.508 e. The molecule has 1 N–H and O–H groups in total. The Kier molecular flexibility index (Phi) is 25.1. The van der Waals surface area contributed by atoms with Gasteiger partial charge in [0.25, 0.3) is 0 Å². The average Bonchev–Trinajstić information content (AvgIpc) is 3.07. The number of halogens is 4. The van der Waals surface area contributed by atoms with E-state index in [1.165, 1.54) is 22.3 Å². The fraction of sp³-hybridized carbons (Fsp3) is 0.302. The van der Waals surface area contributed by atoms with Gasteiger partial charge in [0.1, 0.15) is 5.75 Å². The van der Waals surface area contributed by atoms with Gasteiger partial charge in [-0.1, -0.05) is 67.5 Å². The van der Waals surface area contributed by atoms with Gasteiger partial charge in [0.05, 0.1) is 35.2 Å². The van der Waals surface area contributed by atoms with Crippen molar-refractivity contribution in [2.45, 2.75) is 86.0 Å². The first-order valence-electron chi connectivity index (χ1n) is 17.0. The Balaban J connectivity index is 0. The van der Waals surface area contributed by atoms with Crippen molar-refractivity contribution in [3.05, 3.63) is 124 Å². The van der Waals surface area contributed by atoms with Crippen LogP contribution in [0.3, 0.4) is 0 Å². The van der Waals surface area contributed by atoms with Crippen LogP contribution < -0.4 is 0 Å². The SMILES string of the molecule is Br.Br.Br.Br.Cc1c(-c2cc(C(C)C)c(N=Cc3ccccn3)c(C(C)C)c2)cc(O)cc1-c1cc(C(C)C)c(N=Cc2ccccn2)c(C(C)C)c1.[Pd].[Pd]. The molecule has 0 radical (unpaired) electrons. The molecule has 2 heterocycles. The zero-order valence-electron chi connectivity index (χ0n) is 32.0. The minimum atomic E-state index is 0. The number of phenolic OH excluding ortho intramolecular Hbond substituents is 1. The molecule has 3 aromatic carbocycles. The van der Waals surface area contributed by atoms with Crippen LogP contribution >= 0.6 is 67.9 Å². The van der Waals surface area contributed by atoms with E-state index in [4.69, 9.17) is 9.98 Å². The van der Waals surface area contributed by atoms with Gasteiger partial charge in [-0.05, 0) is 141 Å². The summed E-state index contributed by atoms with van der Waals surface area (Å²) in [6.45, 7) is 19.9. The number of aromatic hydroxyl groups is 1. The first-order chi connectivity index (χ1) is 22.9. The van der Waals surface area contributed by atoms with Gasteiger partial charge < -0.3 is 5.11 Å². The van der Waals surface area contributed by atoms with E-state index < -0.39 is 0 Å². The second-order valence-corrected chi connectivity index (χ2v) is 13.8. The number of benzene rings is 3. The van der Waals surface area contributed by atoms with E-state index in [0.717, 1.165) is 50.6 Å². The van der Waals surface area contributed by atoms with Crippen LogP contribution in [0.5, 0.6) is 5.75 Å². The Labute approximate surface area is 392 Å². The first-order valence-corrected chi connectivity index (χ1v) is 17.0. The molecule has 0 aliphatic rings. The smallest absolute Gasteiger partial charge is 0.116 e. The summed E-state index contributed by atoms with van der Waals surface area (Å²) in [6.07, 6.45) is 7.29. The summed E-state index contributed by atoms with van der Waals surface area (Å²) in [5, 5.41) is 11.2. The third kappa shape index (κ3) is 13.2. The van der Waals surface area contributed by atoms with Crippen molar-refractivity contribution < 1.29 is 46.0 Å². The summed E-state index contributed by atoms with van der Waals surface area (Å²) >= 11 is 0. The third-order valence-corrected chi connectivity index (χ3v) is 8.87. The van der Waals surface area contributed by atoms with Gasteiger partial charge in [-0.2, -0.15) is 0 Å². The molecule has 0 aliphatic heterocycles. The largest absolute Gasteiger partial charge is 0.508 e. The fourth-order valence-corrected chi connectivity index (χ4v) is 6.19. The predicted molar refractivity (Wildman–Crippen MR) is 244 cm³/mol. The molecule has 11 heteroatoms. The van der Waals surface area contributed by atoms with Crippen molar-refractivity contribution in [3.63, 3.8) is 0 Å². The average molecular weight is 1170 g/mol. The number of nitrogens with zero attached hydrogens (tertiary/aromatic N) is 4. The summed E-state index contributed by atoms with van der Waals surface area (Å²) < 4.78 is 0. The molecule has 0 bridgehead atoms. The number of hydrogen-bond acceptors (Lipinski definition) is 5. The molecule has 54 heavy (non-hydrogen) atoms. The molecule has 0 atom stereocenters. The van der Waals surface area contributed by atoms with Crippen molar-refractivity contribution in [1.29, 1.82) is 0 Å². The summed E-state index contributed by atoms with van der Waals surface area (Å²) in [4.78, 5) is 18.9. The Morgan fingerprint density at radius 1 is 0.519 bits per heavy atom. The number of phenols is 1. The Bertz CT molecular complexity index is 1770. The van der Waals surface area contributed by atoms with E-state index in [2.05, 4.69) is 96.5 Å². The van der Waals surface area contributed by atoms with Crippen LogP contribution in [0.15, 0.2) is 95.2 Å². The van der Waals surface area contributed by atoms with Crippen molar-refractivity contribution in [1.82, 2.24) is 9.97 Å². The maximum atomic E-state index is 11.2. The predicted octanol–water partition coefficient (Wildman–Crippen LogP) is 14.1. The third-order valence-electron chi connectivity index (χ3n) is 8.87. The summed E-state index contributed by atoms with van der Waals surface area (Å²) in [6, 6.07) is 24.5. The van der Waals surface area contributed by atoms with Gasteiger partial charge in [0.15, 0.2) is 0 Å². The molecule has 0 saturated carbocycles. The maximum absolute atomic E-state index is 11.2. The second kappa shape index (κ2) is 24.9. The molecule has 5 aromatic rings. The normalized spacial score (nSPS) is 10.8. The molecule has 5 rings (SSSR count). The van der Waals surface area contributed by atoms with Crippen LogP contribution in [-0.2, 0) is 40.8 Å². The standard InChI is InChI=1S/C43H48N4O.4BrH.2Pd/c1-26(2)36-18-31(19-37(27(3)4)42(36)46-24-33-14-10-12-16-44-33)40-22-35(48)23-41(30(40)9)32-20-38(28(5)6)43(39(21-32)29(7)8)47-25-34-15-11-13-17-45-34;;;;;;/h10-29,48H,1-9H3;4*1H;;. The molecular weight excluding hydrogens is 1120 g/mol. The Morgan fingerprint density at radius 2 is 0.833 bits per heavy atom. The molecule has 0 spiro atoms. The van der Waals surface area contributed by atoms with E-state index >= 15 is 0 Å². The topological polar surface area (TPSA) is 70.7 Å². The molecule has 5 nitrogen and oxygen atoms in total. The number of hydrogen-bond donors (Lipinski definition) is 1. The van der Waals surface area contributed by atoms with Crippen molar-refractivity contribution in [3.8, 4) is 28.0 Å². The van der Waals surface area contributed by atoms with Crippen LogP contribution in [0.4, 0.5) is 11.4 Å². The quantitative estimate of drug-likeness (QED) is 0.112. The van der Waals surface area contributed by atoms with Gasteiger partial charge in [0, 0.05) is 53.2 Å². The molecule has 298 valence electrons. The molecule has 0 aliphatic carbocycles. The van der Waals surface area contributed by atoms with Crippen LogP contribution in [0, 0.1) is 6.92 Å². The van der Waals surface area contributed by atoms with Gasteiger partial charge in [0.2, 0.25) is 0 Å². The molecule has 2 aromatic heterocycles.